The van der Waals surface area contributed by atoms with Gasteiger partial charge in [-0.25, -0.2) is 9.37 Å². The molecular formula is C17H18FN5S. The van der Waals surface area contributed by atoms with Crippen molar-refractivity contribution in [2.75, 3.05) is 24.7 Å². The number of hydrogen-bond donors (Lipinski definition) is 1. The van der Waals surface area contributed by atoms with Crippen LogP contribution in [0, 0.1) is 12.7 Å². The van der Waals surface area contributed by atoms with Crippen LogP contribution in [0.5, 0.6) is 0 Å². The summed E-state index contributed by atoms with van der Waals surface area (Å²) in [4.78, 5) is 10.5. The van der Waals surface area contributed by atoms with E-state index < -0.39 is 0 Å². The van der Waals surface area contributed by atoms with E-state index in [-0.39, 0.29) is 5.82 Å². The van der Waals surface area contributed by atoms with Gasteiger partial charge in [-0.15, -0.1) is 0 Å². The van der Waals surface area contributed by atoms with E-state index in [0.717, 1.165) is 53.3 Å². The van der Waals surface area contributed by atoms with Crippen LogP contribution in [0.1, 0.15) is 11.3 Å². The molecule has 0 radical (unpaired) electrons. The lowest BCUT2D eigenvalue weighted by Gasteiger charge is -2.17. The average molecular weight is 343 g/mol. The smallest absolute Gasteiger partial charge is 0.187 e. The van der Waals surface area contributed by atoms with Crippen LogP contribution >= 0.6 is 11.3 Å². The first-order valence-corrected chi connectivity index (χ1v) is 8.69. The van der Waals surface area contributed by atoms with Crippen LogP contribution in [-0.2, 0) is 6.54 Å². The van der Waals surface area contributed by atoms with Crippen LogP contribution in [0.2, 0.25) is 0 Å². The van der Waals surface area contributed by atoms with Crippen LogP contribution in [0.25, 0.3) is 10.6 Å². The van der Waals surface area contributed by atoms with Crippen molar-refractivity contribution in [1.29, 1.82) is 0 Å². The van der Waals surface area contributed by atoms with Crippen molar-refractivity contribution in [3.63, 3.8) is 0 Å². The van der Waals surface area contributed by atoms with E-state index in [0.29, 0.717) is 0 Å². The van der Waals surface area contributed by atoms with Gasteiger partial charge < -0.3 is 4.90 Å². The Kier molecular flexibility index (Phi) is 4.03. The molecule has 1 aliphatic heterocycles. The zero-order valence-electron chi connectivity index (χ0n) is 13.4. The first-order chi connectivity index (χ1) is 11.7. The highest BCUT2D eigenvalue weighted by atomic mass is 32.1. The van der Waals surface area contributed by atoms with Crippen LogP contribution < -0.4 is 4.90 Å². The van der Waals surface area contributed by atoms with Crippen molar-refractivity contribution < 1.29 is 4.39 Å². The van der Waals surface area contributed by atoms with Gasteiger partial charge in [0.15, 0.2) is 5.13 Å². The molecule has 4 rings (SSSR count). The van der Waals surface area contributed by atoms with E-state index in [2.05, 4.69) is 20.0 Å². The second-order valence-corrected chi connectivity index (χ2v) is 6.94. The molecule has 5 nitrogen and oxygen atoms in total. The summed E-state index contributed by atoms with van der Waals surface area (Å²) >= 11 is 1.69. The molecule has 0 bridgehead atoms. The van der Waals surface area contributed by atoms with Crippen molar-refractivity contribution in [1.82, 2.24) is 20.1 Å². The lowest BCUT2D eigenvalue weighted by atomic mass is 10.2. The number of nitrogens with zero attached hydrogens (tertiary/aromatic N) is 4. The molecule has 1 N–H and O–H groups in total. The highest BCUT2D eigenvalue weighted by Crippen LogP contribution is 2.34. The van der Waals surface area contributed by atoms with E-state index >= 15 is 0 Å². The number of halogens is 1. The molecule has 24 heavy (non-hydrogen) atoms. The molecule has 0 unspecified atom stereocenters. The summed E-state index contributed by atoms with van der Waals surface area (Å²) in [6, 6.07) is 8.70. The highest BCUT2D eigenvalue weighted by molar-refractivity contribution is 7.19. The number of anilines is 1. The maximum Gasteiger partial charge on any atom is 0.187 e. The Morgan fingerprint density at radius 1 is 1.21 bits per heavy atom. The fourth-order valence-corrected chi connectivity index (χ4v) is 3.99. The normalized spacial score (nSPS) is 15.3. The largest absolute Gasteiger partial charge is 0.334 e. The summed E-state index contributed by atoms with van der Waals surface area (Å²) in [6.07, 6.45) is 1.76. The molecule has 124 valence electrons. The van der Waals surface area contributed by atoms with Crippen LogP contribution in [0.3, 0.4) is 0 Å². The number of nitrogens with one attached hydrogen (secondary N) is 1. The van der Waals surface area contributed by atoms with Crippen LogP contribution in [0.15, 0.2) is 36.5 Å². The third-order valence-electron chi connectivity index (χ3n) is 4.18. The van der Waals surface area contributed by atoms with Gasteiger partial charge in [-0.2, -0.15) is 5.10 Å². The van der Waals surface area contributed by atoms with Gasteiger partial charge in [0.05, 0.1) is 22.9 Å². The predicted molar refractivity (Wildman–Crippen MR) is 93.5 cm³/mol. The summed E-state index contributed by atoms with van der Waals surface area (Å²) in [6.45, 7) is 5.63. The summed E-state index contributed by atoms with van der Waals surface area (Å²) in [7, 11) is 0. The minimum absolute atomic E-state index is 0.189. The number of aromatic nitrogens is 3. The molecule has 0 atom stereocenters. The SMILES string of the molecule is Cc1nc(N2CCN(Cc3ccc(F)cc3)C2)sc1-c1ccn[nH]1. The average Bonchev–Trinajstić information content (AvgIpc) is 3.30. The Hall–Kier alpha value is -2.25. The topological polar surface area (TPSA) is 48.1 Å². The monoisotopic (exact) mass is 343 g/mol. The maximum absolute atomic E-state index is 13.0. The summed E-state index contributed by atoms with van der Waals surface area (Å²) < 4.78 is 13.0. The molecule has 3 aromatic rings. The Labute approximate surface area is 143 Å². The molecule has 3 heterocycles. The molecule has 1 aliphatic rings. The molecule has 1 fully saturated rings. The van der Waals surface area contributed by atoms with Crippen molar-refractivity contribution in [3.8, 4) is 10.6 Å². The van der Waals surface area contributed by atoms with Gasteiger partial charge in [-0.1, -0.05) is 23.5 Å². The molecule has 2 aromatic heterocycles. The Bertz CT molecular complexity index is 812. The number of hydrogen-bond acceptors (Lipinski definition) is 5. The number of H-pyrrole nitrogens is 1. The molecule has 0 amide bonds. The fourth-order valence-electron chi connectivity index (χ4n) is 2.93. The first-order valence-electron chi connectivity index (χ1n) is 7.88. The van der Waals surface area contributed by atoms with Crippen LogP contribution in [-0.4, -0.2) is 39.8 Å². The zero-order chi connectivity index (χ0) is 16.5. The summed E-state index contributed by atoms with van der Waals surface area (Å²) in [5, 5.41) is 8.06. The van der Waals surface area contributed by atoms with Gasteiger partial charge in [0, 0.05) is 25.8 Å². The quantitative estimate of drug-likeness (QED) is 0.790. The first kappa shape index (κ1) is 15.3. The van der Waals surface area contributed by atoms with Gasteiger partial charge >= 0.3 is 0 Å². The highest BCUT2D eigenvalue weighted by Gasteiger charge is 2.24. The number of rotatable bonds is 4. The maximum atomic E-state index is 13.0. The minimum Gasteiger partial charge on any atom is -0.334 e. The molecule has 1 saturated heterocycles. The standard InChI is InChI=1S/C17H18FN5S/c1-12-16(15-6-7-19-21-15)24-17(20-12)23-9-8-22(11-23)10-13-2-4-14(18)5-3-13/h2-7H,8-11H2,1H3,(H,19,21). The molecular weight excluding hydrogens is 325 g/mol. The van der Waals surface area contributed by atoms with E-state index in [1.165, 1.54) is 12.1 Å². The van der Waals surface area contributed by atoms with Crippen molar-refractivity contribution >= 4 is 16.5 Å². The fraction of sp³-hybridized carbons (Fsp3) is 0.294. The lowest BCUT2D eigenvalue weighted by molar-refractivity contribution is 0.334. The number of aryl methyl sites for hydroxylation is 1. The second-order valence-electron chi connectivity index (χ2n) is 5.97. The third kappa shape index (κ3) is 3.05. The van der Waals surface area contributed by atoms with E-state index in [9.17, 15) is 4.39 Å². The lowest BCUT2D eigenvalue weighted by Crippen LogP contribution is -2.24. The van der Waals surface area contributed by atoms with Gasteiger partial charge in [0.25, 0.3) is 0 Å². The Morgan fingerprint density at radius 2 is 2.04 bits per heavy atom. The number of benzene rings is 1. The predicted octanol–water partition coefficient (Wildman–Crippen LogP) is 3.26. The summed E-state index contributed by atoms with van der Waals surface area (Å²) in [5.74, 6) is -0.189. The summed E-state index contributed by atoms with van der Waals surface area (Å²) in [5.41, 5.74) is 3.17. The van der Waals surface area contributed by atoms with E-state index in [4.69, 9.17) is 4.98 Å². The zero-order valence-corrected chi connectivity index (χ0v) is 14.2. The van der Waals surface area contributed by atoms with Gasteiger partial charge in [0.1, 0.15) is 5.82 Å². The number of aromatic amines is 1. The molecule has 0 aliphatic carbocycles. The Balaban J connectivity index is 1.45. The van der Waals surface area contributed by atoms with Gasteiger partial charge in [-0.05, 0) is 30.7 Å². The second kappa shape index (κ2) is 6.33. The molecule has 0 saturated carbocycles. The Morgan fingerprint density at radius 3 is 2.79 bits per heavy atom. The van der Waals surface area contributed by atoms with E-state index in [1.54, 1.807) is 17.5 Å². The van der Waals surface area contributed by atoms with Crippen molar-refractivity contribution in [2.24, 2.45) is 0 Å². The van der Waals surface area contributed by atoms with Crippen LogP contribution in [0.4, 0.5) is 9.52 Å². The van der Waals surface area contributed by atoms with Crippen molar-refractivity contribution in [3.05, 3.63) is 53.6 Å². The minimum atomic E-state index is -0.189. The third-order valence-corrected chi connectivity index (χ3v) is 5.43. The number of thiazole rings is 1. The van der Waals surface area contributed by atoms with Gasteiger partial charge in [-0.3, -0.25) is 10.00 Å². The van der Waals surface area contributed by atoms with E-state index in [1.807, 2.05) is 25.1 Å². The van der Waals surface area contributed by atoms with Crippen molar-refractivity contribution in [2.45, 2.75) is 13.5 Å². The molecule has 7 heteroatoms. The van der Waals surface area contributed by atoms with Gasteiger partial charge in [0.2, 0.25) is 0 Å². The molecule has 1 aromatic carbocycles. The molecule has 0 spiro atoms.